The number of hydrogen-bond acceptors (Lipinski definition) is 5. The minimum absolute atomic E-state index is 0.138. The van der Waals surface area contributed by atoms with Gasteiger partial charge in [0, 0.05) is 18.8 Å². The summed E-state index contributed by atoms with van der Waals surface area (Å²) in [4.78, 5) is 14.3. The lowest BCUT2D eigenvalue weighted by molar-refractivity contribution is -0.130. The first-order valence-electron chi connectivity index (χ1n) is 8.46. The van der Waals surface area contributed by atoms with Gasteiger partial charge in [-0.1, -0.05) is 6.92 Å². The van der Waals surface area contributed by atoms with Gasteiger partial charge in [0.25, 0.3) is 0 Å². The molecule has 1 aliphatic rings. The van der Waals surface area contributed by atoms with Gasteiger partial charge < -0.3 is 10.2 Å². The fraction of sp³-hybridized carbons (Fsp3) is 0.529. The Hall–Kier alpha value is -2.44. The van der Waals surface area contributed by atoms with Crippen molar-refractivity contribution in [3.8, 4) is 5.69 Å². The normalized spacial score (nSPS) is 20.6. The quantitative estimate of drug-likeness (QED) is 0.910. The van der Waals surface area contributed by atoms with Gasteiger partial charge in [-0.3, -0.25) is 4.79 Å². The van der Waals surface area contributed by atoms with Gasteiger partial charge in [-0.05, 0) is 66.3 Å². The van der Waals surface area contributed by atoms with Crippen molar-refractivity contribution < 1.29 is 4.79 Å². The number of amides is 1. The number of tetrazole rings is 1. The molecule has 0 saturated heterocycles. The Kier molecular flexibility index (Phi) is 5.08. The fourth-order valence-electron chi connectivity index (χ4n) is 3.15. The Morgan fingerprint density at radius 1 is 1.25 bits per heavy atom. The molecule has 0 atom stereocenters. The van der Waals surface area contributed by atoms with Crippen LogP contribution in [0.5, 0.6) is 0 Å². The van der Waals surface area contributed by atoms with E-state index in [1.54, 1.807) is 11.0 Å². The SMILES string of the molecule is CC1CCC(N(C)C(=O)CNc2ccc(-n3cnnn3)cc2)CC1. The molecule has 1 heterocycles. The number of carbonyl (C=O) groups is 1. The molecule has 24 heavy (non-hydrogen) atoms. The van der Waals surface area contributed by atoms with Crippen molar-refractivity contribution in [3.63, 3.8) is 0 Å². The molecule has 7 nitrogen and oxygen atoms in total. The van der Waals surface area contributed by atoms with Crippen LogP contribution >= 0.6 is 0 Å². The van der Waals surface area contributed by atoms with Crippen LogP contribution in [-0.4, -0.2) is 50.6 Å². The van der Waals surface area contributed by atoms with Crippen molar-refractivity contribution >= 4 is 11.6 Å². The summed E-state index contributed by atoms with van der Waals surface area (Å²) in [7, 11) is 1.92. The highest BCUT2D eigenvalue weighted by molar-refractivity contribution is 5.81. The van der Waals surface area contributed by atoms with Crippen molar-refractivity contribution in [1.82, 2.24) is 25.1 Å². The Morgan fingerprint density at radius 3 is 2.58 bits per heavy atom. The molecule has 128 valence electrons. The lowest BCUT2D eigenvalue weighted by Gasteiger charge is -2.33. The summed E-state index contributed by atoms with van der Waals surface area (Å²) in [6, 6.07) is 8.06. The van der Waals surface area contributed by atoms with Gasteiger partial charge in [-0.2, -0.15) is 0 Å². The second-order valence-electron chi connectivity index (χ2n) is 6.57. The minimum atomic E-state index is 0.138. The molecular weight excluding hydrogens is 304 g/mol. The van der Waals surface area contributed by atoms with E-state index in [1.807, 2.05) is 36.2 Å². The van der Waals surface area contributed by atoms with Crippen LogP contribution in [0.3, 0.4) is 0 Å². The first-order chi connectivity index (χ1) is 11.6. The molecule has 1 N–H and O–H groups in total. The van der Waals surface area contributed by atoms with Crippen LogP contribution in [0.4, 0.5) is 5.69 Å². The average molecular weight is 328 g/mol. The number of rotatable bonds is 5. The number of hydrogen-bond donors (Lipinski definition) is 1. The lowest BCUT2D eigenvalue weighted by atomic mass is 9.87. The van der Waals surface area contributed by atoms with Crippen LogP contribution in [0.15, 0.2) is 30.6 Å². The molecular formula is C17H24N6O. The second kappa shape index (κ2) is 7.42. The van der Waals surface area contributed by atoms with Gasteiger partial charge in [0.1, 0.15) is 6.33 Å². The van der Waals surface area contributed by atoms with Crippen LogP contribution < -0.4 is 5.32 Å². The van der Waals surface area contributed by atoms with Crippen molar-refractivity contribution in [2.24, 2.45) is 5.92 Å². The van der Waals surface area contributed by atoms with E-state index in [1.165, 1.54) is 12.8 Å². The summed E-state index contributed by atoms with van der Waals surface area (Å²) in [6.07, 6.45) is 6.21. The van der Waals surface area contributed by atoms with E-state index in [-0.39, 0.29) is 5.91 Å². The summed E-state index contributed by atoms with van der Waals surface area (Å²) < 4.78 is 1.59. The molecule has 7 heteroatoms. The lowest BCUT2D eigenvalue weighted by Crippen LogP contribution is -2.41. The number of aromatic nitrogens is 4. The molecule has 1 aliphatic carbocycles. The molecule has 1 amide bonds. The maximum Gasteiger partial charge on any atom is 0.241 e. The van der Waals surface area contributed by atoms with Crippen LogP contribution in [0, 0.1) is 5.92 Å². The summed E-state index contributed by atoms with van der Waals surface area (Å²) in [5, 5.41) is 14.3. The largest absolute Gasteiger partial charge is 0.376 e. The zero-order chi connectivity index (χ0) is 16.9. The summed E-state index contributed by atoms with van der Waals surface area (Å²) in [5.41, 5.74) is 1.79. The van der Waals surface area contributed by atoms with E-state index in [0.717, 1.165) is 30.1 Å². The molecule has 0 aliphatic heterocycles. The van der Waals surface area contributed by atoms with Gasteiger partial charge in [0.15, 0.2) is 0 Å². The van der Waals surface area contributed by atoms with Crippen molar-refractivity contribution in [2.75, 3.05) is 18.9 Å². The number of nitrogens with zero attached hydrogens (tertiary/aromatic N) is 5. The molecule has 0 unspecified atom stereocenters. The third-order valence-corrected chi connectivity index (χ3v) is 4.85. The number of anilines is 1. The Labute approximate surface area is 142 Å². The predicted octanol–water partition coefficient (Wildman–Crippen LogP) is 2.11. The maximum absolute atomic E-state index is 12.4. The molecule has 0 radical (unpaired) electrons. The first kappa shape index (κ1) is 16.4. The van der Waals surface area contributed by atoms with Gasteiger partial charge in [-0.15, -0.1) is 5.10 Å². The molecule has 1 saturated carbocycles. The topological polar surface area (TPSA) is 75.9 Å². The van der Waals surface area contributed by atoms with Crippen molar-refractivity contribution in [2.45, 2.75) is 38.6 Å². The number of likely N-dealkylation sites (N-methyl/N-ethyl adjacent to an activating group) is 1. The van der Waals surface area contributed by atoms with E-state index in [2.05, 4.69) is 27.8 Å². The van der Waals surface area contributed by atoms with Gasteiger partial charge in [-0.25, -0.2) is 4.68 Å². The monoisotopic (exact) mass is 328 g/mol. The van der Waals surface area contributed by atoms with Gasteiger partial charge in [0.2, 0.25) is 5.91 Å². The summed E-state index contributed by atoms with van der Waals surface area (Å²) in [6.45, 7) is 2.60. The van der Waals surface area contributed by atoms with E-state index in [4.69, 9.17) is 0 Å². The van der Waals surface area contributed by atoms with Crippen molar-refractivity contribution in [1.29, 1.82) is 0 Å². The second-order valence-corrected chi connectivity index (χ2v) is 6.57. The molecule has 0 bridgehead atoms. The Morgan fingerprint density at radius 2 is 1.96 bits per heavy atom. The van der Waals surface area contributed by atoms with Crippen LogP contribution in [0.2, 0.25) is 0 Å². The van der Waals surface area contributed by atoms with Crippen LogP contribution in [0.25, 0.3) is 5.69 Å². The minimum Gasteiger partial charge on any atom is -0.376 e. The molecule has 3 rings (SSSR count). The Bertz CT molecular complexity index is 646. The summed E-state index contributed by atoms with van der Waals surface area (Å²) in [5.74, 6) is 0.931. The highest BCUT2D eigenvalue weighted by Gasteiger charge is 2.24. The third kappa shape index (κ3) is 3.90. The standard InChI is InChI=1S/C17H24N6O/c1-13-3-7-15(8-4-13)22(2)17(24)11-18-14-5-9-16(10-6-14)23-12-19-20-21-23/h5-6,9-10,12-13,15,18H,3-4,7-8,11H2,1-2H3. The molecule has 2 aromatic rings. The number of nitrogens with one attached hydrogen (secondary N) is 1. The molecule has 0 spiro atoms. The fourth-order valence-corrected chi connectivity index (χ4v) is 3.15. The van der Waals surface area contributed by atoms with Crippen molar-refractivity contribution in [3.05, 3.63) is 30.6 Å². The Balaban J connectivity index is 1.50. The smallest absolute Gasteiger partial charge is 0.241 e. The van der Waals surface area contributed by atoms with Crippen LogP contribution in [-0.2, 0) is 4.79 Å². The zero-order valence-corrected chi connectivity index (χ0v) is 14.2. The highest BCUT2D eigenvalue weighted by Crippen LogP contribution is 2.26. The van der Waals surface area contributed by atoms with E-state index in [9.17, 15) is 4.79 Å². The first-order valence-corrected chi connectivity index (χ1v) is 8.46. The average Bonchev–Trinajstić information content (AvgIpc) is 3.15. The third-order valence-electron chi connectivity index (χ3n) is 4.85. The van der Waals surface area contributed by atoms with E-state index >= 15 is 0 Å². The maximum atomic E-state index is 12.4. The number of carbonyl (C=O) groups excluding carboxylic acids is 1. The molecule has 1 fully saturated rings. The van der Waals surface area contributed by atoms with Gasteiger partial charge in [0.05, 0.1) is 12.2 Å². The highest BCUT2D eigenvalue weighted by atomic mass is 16.2. The summed E-state index contributed by atoms with van der Waals surface area (Å²) >= 11 is 0. The van der Waals surface area contributed by atoms with E-state index in [0.29, 0.717) is 12.6 Å². The molecule has 1 aromatic carbocycles. The molecule has 1 aromatic heterocycles. The predicted molar refractivity (Wildman–Crippen MR) is 91.8 cm³/mol. The zero-order valence-electron chi connectivity index (χ0n) is 14.2. The van der Waals surface area contributed by atoms with Gasteiger partial charge >= 0.3 is 0 Å². The van der Waals surface area contributed by atoms with Crippen LogP contribution in [0.1, 0.15) is 32.6 Å². The van der Waals surface area contributed by atoms with E-state index < -0.39 is 0 Å². The number of benzene rings is 1.